The van der Waals surface area contributed by atoms with Crippen molar-refractivity contribution in [1.82, 2.24) is 0 Å². The number of hydrogen-bond donors (Lipinski definition) is 0. The van der Waals surface area contributed by atoms with Crippen molar-refractivity contribution in [2.24, 2.45) is 0 Å². The van der Waals surface area contributed by atoms with Gasteiger partial charge in [-0.25, -0.2) is 0 Å². The average molecular weight is 340 g/mol. The van der Waals surface area contributed by atoms with E-state index in [2.05, 4.69) is 6.92 Å². The summed E-state index contributed by atoms with van der Waals surface area (Å²) in [4.78, 5) is 0. The zero-order valence-corrected chi connectivity index (χ0v) is 16.2. The highest BCUT2D eigenvalue weighted by Gasteiger charge is 2.25. The fourth-order valence-corrected chi connectivity index (χ4v) is 3.26. The Morgan fingerprint density at radius 3 is 1.38 bits per heavy atom. The summed E-state index contributed by atoms with van der Waals surface area (Å²) in [6.07, 6.45) is 22.4. The molecule has 0 aromatic heterocycles. The molecule has 4 heteroatoms. The van der Waals surface area contributed by atoms with E-state index in [4.69, 9.17) is 14.0 Å². The minimum absolute atomic E-state index is 0.388. The van der Waals surface area contributed by atoms with Crippen molar-refractivity contribution >= 4 is 7.32 Å². The van der Waals surface area contributed by atoms with Crippen LogP contribution in [0.25, 0.3) is 0 Å². The van der Waals surface area contributed by atoms with Crippen LogP contribution in [-0.2, 0) is 14.0 Å². The Morgan fingerprint density at radius 1 is 0.583 bits per heavy atom. The molecule has 0 radical (unpaired) electrons. The van der Waals surface area contributed by atoms with Crippen molar-refractivity contribution < 1.29 is 14.0 Å². The fraction of sp³-hybridized carbons (Fsp3) is 1.00. The van der Waals surface area contributed by atoms with Gasteiger partial charge in [0.1, 0.15) is 0 Å². The molecule has 24 heavy (non-hydrogen) atoms. The third-order valence-electron chi connectivity index (χ3n) is 4.84. The Labute approximate surface area is 151 Å². The molecule has 0 aliphatic carbocycles. The van der Waals surface area contributed by atoms with Crippen LogP contribution in [0, 0.1) is 0 Å². The Balaban J connectivity index is 1.63. The summed E-state index contributed by atoms with van der Waals surface area (Å²) < 4.78 is 16.0. The first kappa shape index (κ1) is 22.0. The van der Waals surface area contributed by atoms with Crippen LogP contribution in [0.5, 0.6) is 0 Å². The molecule has 3 nitrogen and oxygen atoms in total. The molecule has 1 rings (SSSR count). The molecule has 1 aliphatic rings. The molecule has 0 saturated carbocycles. The Bertz CT molecular complexity index is 245. The van der Waals surface area contributed by atoms with Gasteiger partial charge in [-0.2, -0.15) is 0 Å². The Kier molecular flexibility index (Phi) is 16.3. The largest absolute Gasteiger partial charge is 0.639 e. The van der Waals surface area contributed by atoms with Gasteiger partial charge < -0.3 is 14.0 Å². The third kappa shape index (κ3) is 14.3. The highest BCUT2D eigenvalue weighted by molar-refractivity contribution is 6.36. The van der Waals surface area contributed by atoms with Gasteiger partial charge >= 0.3 is 7.32 Å². The lowest BCUT2D eigenvalue weighted by molar-refractivity contribution is 0.175. The van der Waals surface area contributed by atoms with Gasteiger partial charge in [0.2, 0.25) is 0 Å². The summed E-state index contributed by atoms with van der Waals surface area (Å²) in [5.74, 6) is 0. The van der Waals surface area contributed by atoms with Gasteiger partial charge in [-0.15, -0.1) is 0 Å². The molecule has 0 amide bonds. The van der Waals surface area contributed by atoms with E-state index in [1.54, 1.807) is 0 Å². The second-order valence-corrected chi connectivity index (χ2v) is 7.20. The maximum absolute atomic E-state index is 5.48. The van der Waals surface area contributed by atoms with Crippen LogP contribution >= 0.6 is 0 Å². The van der Waals surface area contributed by atoms with E-state index in [1.165, 1.54) is 96.3 Å². The van der Waals surface area contributed by atoms with Gasteiger partial charge in [0.05, 0.1) is 13.2 Å². The van der Waals surface area contributed by atoms with Crippen LogP contribution in [-0.4, -0.2) is 27.1 Å². The van der Waals surface area contributed by atoms with Gasteiger partial charge in [0.25, 0.3) is 0 Å². The molecule has 0 N–H and O–H groups in total. The first-order valence-electron chi connectivity index (χ1n) is 10.8. The number of rotatable bonds is 18. The van der Waals surface area contributed by atoms with Crippen LogP contribution in [0.15, 0.2) is 0 Å². The lowest BCUT2D eigenvalue weighted by Crippen LogP contribution is -2.20. The highest BCUT2D eigenvalue weighted by Crippen LogP contribution is 2.13. The van der Waals surface area contributed by atoms with Crippen molar-refractivity contribution in [1.29, 1.82) is 0 Å². The maximum Gasteiger partial charge on any atom is 0.639 e. The van der Waals surface area contributed by atoms with Gasteiger partial charge in [0.15, 0.2) is 0 Å². The van der Waals surface area contributed by atoms with Crippen LogP contribution < -0.4 is 0 Å². The van der Waals surface area contributed by atoms with Gasteiger partial charge in [-0.1, -0.05) is 103 Å². The van der Waals surface area contributed by atoms with Crippen LogP contribution in [0.2, 0.25) is 0 Å². The molecule has 0 spiro atoms. The summed E-state index contributed by atoms with van der Waals surface area (Å²) in [6.45, 7) is 4.40. The average Bonchev–Trinajstić information content (AvgIpc) is 3.11. The van der Waals surface area contributed by atoms with Crippen molar-refractivity contribution in [3.05, 3.63) is 0 Å². The van der Waals surface area contributed by atoms with E-state index in [0.29, 0.717) is 13.2 Å². The Hall–Kier alpha value is -0.0551. The highest BCUT2D eigenvalue weighted by atomic mass is 16.8. The van der Waals surface area contributed by atoms with Crippen molar-refractivity contribution in [3.8, 4) is 0 Å². The lowest BCUT2D eigenvalue weighted by atomic mass is 10.0. The molecule has 0 bridgehead atoms. The predicted molar refractivity (Wildman–Crippen MR) is 103 cm³/mol. The molecule has 0 atom stereocenters. The van der Waals surface area contributed by atoms with E-state index in [0.717, 1.165) is 13.0 Å². The van der Waals surface area contributed by atoms with Crippen LogP contribution in [0.4, 0.5) is 0 Å². The maximum atomic E-state index is 5.48. The molecule has 1 aliphatic heterocycles. The minimum Gasteiger partial charge on any atom is -0.386 e. The normalized spacial score (nSPS) is 14.6. The summed E-state index contributed by atoms with van der Waals surface area (Å²) in [6, 6.07) is 0. The van der Waals surface area contributed by atoms with Crippen molar-refractivity contribution in [3.63, 3.8) is 0 Å². The second-order valence-electron chi connectivity index (χ2n) is 7.20. The number of hydrogen-bond acceptors (Lipinski definition) is 3. The molecular weight excluding hydrogens is 299 g/mol. The van der Waals surface area contributed by atoms with Crippen LogP contribution in [0.3, 0.4) is 0 Å². The number of unbranched alkanes of at least 4 members (excludes halogenated alkanes) is 15. The SMILES string of the molecule is CCCCCCCCCCCCCCCCCCOB1OCCO1. The van der Waals surface area contributed by atoms with E-state index in [1.807, 2.05) is 0 Å². The summed E-state index contributed by atoms with van der Waals surface area (Å²) in [5, 5.41) is 0. The van der Waals surface area contributed by atoms with Crippen molar-refractivity contribution in [2.45, 2.75) is 110 Å². The summed E-state index contributed by atoms with van der Waals surface area (Å²) >= 11 is 0. The molecule has 1 heterocycles. The van der Waals surface area contributed by atoms with Gasteiger partial charge in [-0.3, -0.25) is 0 Å². The zero-order chi connectivity index (χ0) is 17.1. The quantitative estimate of drug-likeness (QED) is 0.217. The molecule has 0 unspecified atom stereocenters. The smallest absolute Gasteiger partial charge is 0.386 e. The molecular formula is C20H41BO3. The first-order chi connectivity index (χ1) is 11.9. The summed E-state index contributed by atoms with van der Waals surface area (Å²) in [7, 11) is -0.388. The monoisotopic (exact) mass is 340 g/mol. The molecule has 1 fully saturated rings. The van der Waals surface area contributed by atoms with Crippen molar-refractivity contribution in [2.75, 3.05) is 19.8 Å². The molecule has 1 saturated heterocycles. The zero-order valence-electron chi connectivity index (χ0n) is 16.2. The lowest BCUT2D eigenvalue weighted by Gasteiger charge is -2.06. The van der Waals surface area contributed by atoms with Gasteiger partial charge in [-0.05, 0) is 6.42 Å². The molecule has 142 valence electrons. The summed E-state index contributed by atoms with van der Waals surface area (Å²) in [5.41, 5.74) is 0. The van der Waals surface area contributed by atoms with Crippen LogP contribution in [0.1, 0.15) is 110 Å². The first-order valence-corrected chi connectivity index (χ1v) is 10.8. The van der Waals surface area contributed by atoms with E-state index < -0.39 is 0 Å². The molecule has 0 aromatic rings. The standard InChI is InChI=1S/C20H41BO3/c1-2-3-4-5-6-7-8-9-10-11-12-13-14-15-16-17-18-22-21-23-19-20-24-21/h2-20H2,1H3. The topological polar surface area (TPSA) is 27.7 Å². The van der Waals surface area contributed by atoms with E-state index in [-0.39, 0.29) is 7.32 Å². The van der Waals surface area contributed by atoms with E-state index in [9.17, 15) is 0 Å². The predicted octanol–water partition coefficient (Wildman–Crippen LogP) is 6.30. The Morgan fingerprint density at radius 2 is 0.958 bits per heavy atom. The fourth-order valence-electron chi connectivity index (χ4n) is 3.26. The van der Waals surface area contributed by atoms with Gasteiger partial charge in [0, 0.05) is 6.61 Å². The molecule has 0 aromatic carbocycles. The third-order valence-corrected chi connectivity index (χ3v) is 4.84. The minimum atomic E-state index is -0.388. The second kappa shape index (κ2) is 17.8. The van der Waals surface area contributed by atoms with E-state index >= 15 is 0 Å².